The second kappa shape index (κ2) is 5.26. The lowest BCUT2D eigenvalue weighted by Gasteiger charge is -2.26. The van der Waals surface area contributed by atoms with Gasteiger partial charge < -0.3 is 4.90 Å². The van der Waals surface area contributed by atoms with Crippen LogP contribution in [-0.2, 0) is 0 Å². The van der Waals surface area contributed by atoms with Crippen molar-refractivity contribution in [2.24, 2.45) is 0 Å². The number of aryl methyl sites for hydroxylation is 1. The number of rotatable bonds is 4. The number of hydrogen-bond acceptors (Lipinski definition) is 2. The summed E-state index contributed by atoms with van der Waals surface area (Å²) in [5.74, 6) is 0. The number of benzene rings is 1. The molecule has 1 aromatic carbocycles. The van der Waals surface area contributed by atoms with Gasteiger partial charge in [-0.05, 0) is 50.9 Å². The molecule has 1 rings (SSSR count). The van der Waals surface area contributed by atoms with E-state index in [9.17, 15) is 0 Å². The lowest BCUT2D eigenvalue weighted by atomic mass is 10.2. The van der Waals surface area contributed by atoms with Crippen molar-refractivity contribution in [2.45, 2.75) is 31.7 Å². The van der Waals surface area contributed by atoms with E-state index >= 15 is 0 Å². The zero-order valence-corrected chi connectivity index (χ0v) is 10.8. The molecule has 0 aliphatic carbocycles. The van der Waals surface area contributed by atoms with Crippen molar-refractivity contribution in [2.75, 3.05) is 11.2 Å². The highest BCUT2D eigenvalue weighted by Crippen LogP contribution is 2.30. The molecule has 0 aromatic heterocycles. The summed E-state index contributed by atoms with van der Waals surface area (Å²) in [4.78, 5) is 3.51. The van der Waals surface area contributed by atoms with Crippen molar-refractivity contribution in [3.8, 4) is 0 Å². The van der Waals surface area contributed by atoms with Crippen molar-refractivity contribution in [3.05, 3.63) is 36.5 Å². The highest BCUT2D eigenvalue weighted by molar-refractivity contribution is 7.98. The molecule has 82 valence electrons. The maximum absolute atomic E-state index is 3.87. The zero-order valence-electron chi connectivity index (χ0n) is 9.95. The highest BCUT2D eigenvalue weighted by atomic mass is 32.2. The quantitative estimate of drug-likeness (QED) is 0.705. The summed E-state index contributed by atoms with van der Waals surface area (Å²) in [5.41, 5.74) is 2.55. The van der Waals surface area contributed by atoms with E-state index in [0.29, 0.717) is 6.04 Å². The first-order valence-corrected chi connectivity index (χ1v) is 6.38. The Kier molecular flexibility index (Phi) is 4.28. The molecule has 15 heavy (non-hydrogen) atoms. The van der Waals surface area contributed by atoms with Crippen LogP contribution in [0.3, 0.4) is 0 Å². The fraction of sp³-hybridized carbons (Fsp3) is 0.385. The number of thioether (sulfide) groups is 1. The number of nitrogens with zero attached hydrogens (tertiary/aromatic N) is 1. The molecule has 0 spiro atoms. The summed E-state index contributed by atoms with van der Waals surface area (Å²) < 4.78 is 0. The zero-order chi connectivity index (χ0) is 11.4. The molecule has 0 bridgehead atoms. The Morgan fingerprint density at radius 2 is 2.07 bits per heavy atom. The van der Waals surface area contributed by atoms with E-state index in [4.69, 9.17) is 0 Å². The van der Waals surface area contributed by atoms with Crippen molar-refractivity contribution in [3.63, 3.8) is 0 Å². The number of hydrogen-bond donors (Lipinski definition) is 0. The van der Waals surface area contributed by atoms with Crippen LogP contribution in [0.4, 0.5) is 5.69 Å². The highest BCUT2D eigenvalue weighted by Gasteiger charge is 2.10. The minimum Gasteiger partial charge on any atom is -0.345 e. The van der Waals surface area contributed by atoms with Crippen LogP contribution < -0.4 is 4.90 Å². The van der Waals surface area contributed by atoms with Crippen molar-refractivity contribution < 1.29 is 0 Å². The van der Waals surface area contributed by atoms with Crippen LogP contribution in [0.5, 0.6) is 0 Å². The van der Waals surface area contributed by atoms with Gasteiger partial charge in [-0.2, -0.15) is 0 Å². The van der Waals surface area contributed by atoms with Crippen LogP contribution >= 0.6 is 11.8 Å². The Labute approximate surface area is 97.2 Å². The average molecular weight is 221 g/mol. The first-order valence-electron chi connectivity index (χ1n) is 5.15. The van der Waals surface area contributed by atoms with Gasteiger partial charge in [-0.3, -0.25) is 0 Å². The summed E-state index contributed by atoms with van der Waals surface area (Å²) in [7, 11) is 0. The largest absolute Gasteiger partial charge is 0.345 e. The monoisotopic (exact) mass is 221 g/mol. The average Bonchev–Trinajstić information content (AvgIpc) is 2.20. The molecule has 0 amide bonds. The fourth-order valence-electron chi connectivity index (χ4n) is 1.59. The summed E-state index contributed by atoms with van der Waals surface area (Å²) in [5, 5.41) is 0. The SMILES string of the molecule is C=CN(c1ccc(C)cc1SC)C(C)C. The third-order valence-corrected chi connectivity index (χ3v) is 3.13. The van der Waals surface area contributed by atoms with E-state index < -0.39 is 0 Å². The predicted molar refractivity (Wildman–Crippen MR) is 70.8 cm³/mol. The van der Waals surface area contributed by atoms with Crippen LogP contribution in [-0.4, -0.2) is 12.3 Å². The summed E-state index contributed by atoms with van der Waals surface area (Å²) in [6.07, 6.45) is 4.01. The van der Waals surface area contributed by atoms with Gasteiger partial charge in [-0.15, -0.1) is 11.8 Å². The molecule has 1 nitrogen and oxygen atoms in total. The standard InChI is InChI=1S/C13H19NS/c1-6-14(10(2)3)12-8-7-11(4)9-13(12)15-5/h6-10H,1H2,2-5H3. The number of anilines is 1. The Hall–Kier alpha value is -0.890. The minimum atomic E-state index is 0.441. The molecular formula is C13H19NS. The lowest BCUT2D eigenvalue weighted by Crippen LogP contribution is -2.24. The van der Waals surface area contributed by atoms with Gasteiger partial charge in [-0.1, -0.05) is 12.6 Å². The molecule has 0 aliphatic heterocycles. The van der Waals surface area contributed by atoms with Crippen molar-refractivity contribution in [1.82, 2.24) is 0 Å². The fourth-order valence-corrected chi connectivity index (χ4v) is 2.27. The molecule has 1 aromatic rings. The second-order valence-electron chi connectivity index (χ2n) is 3.86. The molecule has 0 saturated heterocycles. The third kappa shape index (κ3) is 2.78. The lowest BCUT2D eigenvalue weighted by molar-refractivity contribution is 0.777. The Morgan fingerprint density at radius 1 is 1.40 bits per heavy atom. The maximum Gasteiger partial charge on any atom is 0.0546 e. The van der Waals surface area contributed by atoms with E-state index in [2.05, 4.69) is 56.7 Å². The summed E-state index contributed by atoms with van der Waals surface area (Å²) in [6.45, 7) is 10.3. The molecule has 0 N–H and O–H groups in total. The summed E-state index contributed by atoms with van der Waals surface area (Å²) in [6, 6.07) is 6.98. The normalized spacial score (nSPS) is 10.5. The Balaban J connectivity index is 3.16. The first-order chi connectivity index (χ1) is 7.10. The Morgan fingerprint density at radius 3 is 2.53 bits per heavy atom. The van der Waals surface area contributed by atoms with E-state index in [1.54, 1.807) is 11.8 Å². The van der Waals surface area contributed by atoms with E-state index in [1.165, 1.54) is 16.1 Å². The maximum atomic E-state index is 3.87. The van der Waals surface area contributed by atoms with E-state index in [1.807, 2.05) is 6.20 Å². The van der Waals surface area contributed by atoms with Crippen molar-refractivity contribution >= 4 is 17.4 Å². The van der Waals surface area contributed by atoms with Crippen LogP contribution in [0, 0.1) is 6.92 Å². The molecule has 0 atom stereocenters. The first kappa shape index (κ1) is 12.2. The van der Waals surface area contributed by atoms with Gasteiger partial charge in [0.2, 0.25) is 0 Å². The predicted octanol–water partition coefficient (Wildman–Crippen LogP) is 4.08. The van der Waals surface area contributed by atoms with Crippen LogP contribution in [0.25, 0.3) is 0 Å². The van der Waals surface area contributed by atoms with Gasteiger partial charge in [0.05, 0.1) is 5.69 Å². The van der Waals surface area contributed by atoms with Gasteiger partial charge >= 0.3 is 0 Å². The molecule has 0 saturated carbocycles. The van der Waals surface area contributed by atoms with Gasteiger partial charge in [0, 0.05) is 10.9 Å². The molecular weight excluding hydrogens is 202 g/mol. The van der Waals surface area contributed by atoms with Gasteiger partial charge in [0.15, 0.2) is 0 Å². The summed E-state index contributed by atoms with van der Waals surface area (Å²) >= 11 is 1.78. The van der Waals surface area contributed by atoms with Gasteiger partial charge in [-0.25, -0.2) is 0 Å². The van der Waals surface area contributed by atoms with Crippen LogP contribution in [0.15, 0.2) is 35.9 Å². The van der Waals surface area contributed by atoms with Crippen LogP contribution in [0.1, 0.15) is 19.4 Å². The van der Waals surface area contributed by atoms with Crippen molar-refractivity contribution in [1.29, 1.82) is 0 Å². The van der Waals surface area contributed by atoms with Gasteiger partial charge in [0.1, 0.15) is 0 Å². The second-order valence-corrected chi connectivity index (χ2v) is 4.71. The molecule has 0 radical (unpaired) electrons. The Bertz CT molecular complexity index is 344. The van der Waals surface area contributed by atoms with E-state index in [-0.39, 0.29) is 0 Å². The topological polar surface area (TPSA) is 3.24 Å². The molecule has 0 fully saturated rings. The third-order valence-electron chi connectivity index (χ3n) is 2.37. The smallest absolute Gasteiger partial charge is 0.0546 e. The minimum absolute atomic E-state index is 0.441. The van der Waals surface area contributed by atoms with E-state index in [0.717, 1.165) is 0 Å². The van der Waals surface area contributed by atoms with Crippen LogP contribution in [0.2, 0.25) is 0 Å². The molecule has 0 aliphatic rings. The molecule has 0 unspecified atom stereocenters. The van der Waals surface area contributed by atoms with Gasteiger partial charge in [0.25, 0.3) is 0 Å². The molecule has 2 heteroatoms. The molecule has 0 heterocycles.